The van der Waals surface area contributed by atoms with Crippen molar-refractivity contribution in [2.75, 3.05) is 10.6 Å². The molecule has 2 amide bonds. The van der Waals surface area contributed by atoms with E-state index in [9.17, 15) is 22.2 Å². The zero-order valence-electron chi connectivity index (χ0n) is 12.6. The topological polar surface area (TPSA) is 74.0 Å². The van der Waals surface area contributed by atoms with Crippen LogP contribution in [0.1, 0.15) is 0 Å². The van der Waals surface area contributed by atoms with Gasteiger partial charge in [-0.3, -0.25) is 0 Å². The highest BCUT2D eigenvalue weighted by molar-refractivity contribution is 7.86. The lowest BCUT2D eigenvalue weighted by molar-refractivity contribution is -0.0384. The minimum absolute atomic E-state index is 0.279. The van der Waals surface area contributed by atoms with Gasteiger partial charge in [-0.1, -0.05) is 6.07 Å². The number of alkyl halides is 3. The Bertz CT molecular complexity index is 936. The minimum Gasteiger partial charge on any atom is -0.361 e. The molecule has 1 unspecified atom stereocenters. The molecule has 2 aromatic carbocycles. The van der Waals surface area contributed by atoms with E-state index < -0.39 is 22.3 Å². The lowest BCUT2D eigenvalue weighted by Crippen LogP contribution is -2.19. The number of aromatic amines is 1. The lowest BCUT2D eigenvalue weighted by Gasteiger charge is -2.09. The van der Waals surface area contributed by atoms with E-state index in [-0.39, 0.29) is 10.6 Å². The van der Waals surface area contributed by atoms with E-state index in [1.54, 1.807) is 18.3 Å². The van der Waals surface area contributed by atoms with Crippen molar-refractivity contribution < 1.29 is 22.2 Å². The average molecular weight is 367 g/mol. The van der Waals surface area contributed by atoms with Gasteiger partial charge in [-0.05, 0) is 47.9 Å². The molecule has 0 saturated heterocycles. The number of rotatable bonds is 3. The van der Waals surface area contributed by atoms with Crippen LogP contribution in [0.15, 0.2) is 59.6 Å². The van der Waals surface area contributed by atoms with Crippen molar-refractivity contribution in [3.8, 4) is 0 Å². The molecule has 3 N–H and O–H groups in total. The average Bonchev–Trinajstić information content (AvgIpc) is 3.01. The number of hydrogen-bond donors (Lipinski definition) is 3. The second kappa shape index (κ2) is 6.60. The molecule has 0 spiro atoms. The first-order valence-electron chi connectivity index (χ1n) is 7.07. The molecule has 25 heavy (non-hydrogen) atoms. The van der Waals surface area contributed by atoms with Gasteiger partial charge in [-0.15, -0.1) is 0 Å². The van der Waals surface area contributed by atoms with Crippen LogP contribution >= 0.6 is 0 Å². The summed E-state index contributed by atoms with van der Waals surface area (Å²) in [6.07, 6.45) is 1.78. The van der Waals surface area contributed by atoms with E-state index in [0.29, 0.717) is 5.69 Å². The fourth-order valence-corrected chi connectivity index (χ4v) is 2.87. The first-order valence-corrected chi connectivity index (χ1v) is 8.22. The number of hydrogen-bond acceptors (Lipinski definition) is 2. The van der Waals surface area contributed by atoms with Gasteiger partial charge in [0.2, 0.25) is 0 Å². The number of halogens is 3. The summed E-state index contributed by atoms with van der Waals surface area (Å²) < 4.78 is 48.4. The van der Waals surface area contributed by atoms with Crippen LogP contribution < -0.4 is 10.6 Å². The van der Waals surface area contributed by atoms with E-state index in [4.69, 9.17) is 0 Å². The number of amides is 2. The molecular formula is C16H12F3N3O2S. The molecule has 5 nitrogen and oxygen atoms in total. The Hall–Kier alpha value is -2.81. The lowest BCUT2D eigenvalue weighted by atomic mass is 10.2. The number of urea groups is 1. The van der Waals surface area contributed by atoms with Crippen molar-refractivity contribution in [2.45, 2.75) is 10.4 Å². The molecule has 0 radical (unpaired) electrons. The Morgan fingerprint density at radius 2 is 1.60 bits per heavy atom. The quantitative estimate of drug-likeness (QED) is 0.640. The molecule has 0 aliphatic rings. The monoisotopic (exact) mass is 367 g/mol. The molecule has 1 aromatic heterocycles. The van der Waals surface area contributed by atoms with E-state index in [0.717, 1.165) is 23.0 Å². The highest BCUT2D eigenvalue weighted by atomic mass is 32.2. The standard InChI is InChI=1S/C16H12F3N3O2S/c17-16(18,19)25(24)13-5-3-11(4-6-13)21-15(23)22-12-2-1-10-7-8-20-14(10)9-12/h1-9,20H,(H2,21,22,23). The van der Waals surface area contributed by atoms with Gasteiger partial charge in [0, 0.05) is 28.0 Å². The molecule has 3 rings (SSSR count). The third kappa shape index (κ3) is 4.00. The van der Waals surface area contributed by atoms with Gasteiger partial charge >= 0.3 is 11.5 Å². The van der Waals surface area contributed by atoms with Crippen molar-refractivity contribution in [3.63, 3.8) is 0 Å². The molecule has 0 aliphatic carbocycles. The number of aromatic nitrogens is 1. The number of carbonyl (C=O) groups excluding carboxylic acids is 1. The zero-order valence-corrected chi connectivity index (χ0v) is 13.4. The van der Waals surface area contributed by atoms with E-state index >= 15 is 0 Å². The van der Waals surface area contributed by atoms with E-state index in [1.165, 1.54) is 12.1 Å². The Morgan fingerprint density at radius 3 is 2.28 bits per heavy atom. The number of H-pyrrole nitrogens is 1. The summed E-state index contributed by atoms with van der Waals surface area (Å²) in [5.74, 6) is 0. The van der Waals surface area contributed by atoms with Crippen molar-refractivity contribution in [1.82, 2.24) is 4.98 Å². The third-order valence-electron chi connectivity index (χ3n) is 3.35. The fraction of sp³-hybridized carbons (Fsp3) is 0.0625. The fourth-order valence-electron chi connectivity index (χ4n) is 2.21. The van der Waals surface area contributed by atoms with Gasteiger partial charge in [0.1, 0.15) is 0 Å². The summed E-state index contributed by atoms with van der Waals surface area (Å²) in [4.78, 5) is 14.6. The SMILES string of the molecule is O=C(Nc1ccc(S(=O)C(F)(F)F)cc1)Nc1ccc2cc[nH]c2c1. The molecule has 0 fully saturated rings. The molecule has 3 aromatic rings. The Balaban J connectivity index is 1.65. The molecular weight excluding hydrogens is 355 g/mol. The van der Waals surface area contributed by atoms with Crippen LogP contribution in [0.3, 0.4) is 0 Å². The Labute approximate surface area is 142 Å². The summed E-state index contributed by atoms with van der Waals surface area (Å²) in [6, 6.07) is 11.3. The molecule has 0 bridgehead atoms. The second-order valence-electron chi connectivity index (χ2n) is 5.10. The number of nitrogens with one attached hydrogen (secondary N) is 3. The Kier molecular flexibility index (Phi) is 4.49. The number of fused-ring (bicyclic) bond motifs is 1. The predicted molar refractivity (Wildman–Crippen MR) is 89.8 cm³/mol. The predicted octanol–water partition coefficient (Wildman–Crippen LogP) is 4.44. The molecule has 0 aliphatic heterocycles. The number of benzene rings is 2. The molecule has 9 heteroatoms. The van der Waals surface area contributed by atoms with E-state index in [2.05, 4.69) is 15.6 Å². The molecule has 130 valence electrons. The maximum atomic E-state index is 12.4. The first-order chi connectivity index (χ1) is 11.8. The van der Waals surface area contributed by atoms with Crippen molar-refractivity contribution in [3.05, 3.63) is 54.7 Å². The van der Waals surface area contributed by atoms with Crippen LogP contribution in [-0.4, -0.2) is 20.7 Å². The highest BCUT2D eigenvalue weighted by Crippen LogP contribution is 2.27. The minimum atomic E-state index is -4.82. The number of anilines is 2. The first kappa shape index (κ1) is 17.0. The molecule has 1 atom stereocenters. The van der Waals surface area contributed by atoms with Gasteiger partial charge in [-0.2, -0.15) is 13.2 Å². The summed E-state index contributed by atoms with van der Waals surface area (Å²) in [6.45, 7) is 0. The van der Waals surface area contributed by atoms with Crippen LogP contribution in [0.5, 0.6) is 0 Å². The summed E-state index contributed by atoms with van der Waals surface area (Å²) in [7, 11) is -3.09. The number of carbonyl (C=O) groups is 1. The molecule has 0 saturated carbocycles. The van der Waals surface area contributed by atoms with Crippen molar-refractivity contribution in [1.29, 1.82) is 0 Å². The van der Waals surface area contributed by atoms with Crippen LogP contribution in [0.2, 0.25) is 0 Å². The zero-order chi connectivity index (χ0) is 18.0. The largest absolute Gasteiger partial charge is 0.475 e. The van der Waals surface area contributed by atoms with Crippen LogP contribution in [0.4, 0.5) is 29.3 Å². The maximum Gasteiger partial charge on any atom is 0.475 e. The van der Waals surface area contributed by atoms with Gasteiger partial charge in [0.15, 0.2) is 10.8 Å². The van der Waals surface area contributed by atoms with Crippen molar-refractivity contribution in [2.24, 2.45) is 0 Å². The summed E-state index contributed by atoms with van der Waals surface area (Å²) in [5, 5.41) is 6.12. The van der Waals surface area contributed by atoms with Gasteiger partial charge in [0.05, 0.1) is 0 Å². The third-order valence-corrected chi connectivity index (χ3v) is 4.47. The Morgan fingerprint density at radius 1 is 0.960 bits per heavy atom. The normalized spacial score (nSPS) is 12.8. The summed E-state index contributed by atoms with van der Waals surface area (Å²) in [5.41, 5.74) is -3.12. The maximum absolute atomic E-state index is 12.4. The van der Waals surface area contributed by atoms with Gasteiger partial charge < -0.3 is 15.6 Å². The van der Waals surface area contributed by atoms with Crippen LogP contribution in [0, 0.1) is 0 Å². The van der Waals surface area contributed by atoms with Crippen molar-refractivity contribution >= 4 is 39.1 Å². The second-order valence-corrected chi connectivity index (χ2v) is 6.57. The van der Waals surface area contributed by atoms with Gasteiger partial charge in [-0.25, -0.2) is 9.00 Å². The molecule has 1 heterocycles. The smallest absolute Gasteiger partial charge is 0.361 e. The van der Waals surface area contributed by atoms with Crippen LogP contribution in [0.25, 0.3) is 10.9 Å². The van der Waals surface area contributed by atoms with Gasteiger partial charge in [0.25, 0.3) is 0 Å². The van der Waals surface area contributed by atoms with Crippen LogP contribution in [-0.2, 0) is 10.8 Å². The summed E-state index contributed by atoms with van der Waals surface area (Å²) >= 11 is 0. The highest BCUT2D eigenvalue weighted by Gasteiger charge is 2.37. The van der Waals surface area contributed by atoms with E-state index in [1.807, 2.05) is 12.1 Å².